The molecule has 0 aliphatic carbocycles. The molecule has 0 amide bonds. The van der Waals surface area contributed by atoms with Crippen molar-refractivity contribution in [2.75, 3.05) is 18.2 Å². The maximum absolute atomic E-state index is 11.7. The predicted octanol–water partition coefficient (Wildman–Crippen LogP) is 1.97. The Balaban J connectivity index is 2.85. The van der Waals surface area contributed by atoms with E-state index in [1.807, 2.05) is 13.0 Å². The monoisotopic (exact) mass is 251 g/mol. The van der Waals surface area contributed by atoms with Crippen molar-refractivity contribution in [3.05, 3.63) is 17.8 Å². The number of rotatable bonds is 5. The Bertz CT molecular complexity index is 419. The lowest BCUT2D eigenvalue weighted by Crippen LogP contribution is -2.32. The first-order valence-electron chi connectivity index (χ1n) is 6.00. The third kappa shape index (κ3) is 3.91. The van der Waals surface area contributed by atoms with Gasteiger partial charge in [0.05, 0.1) is 19.0 Å². The molecule has 1 heterocycles. The van der Waals surface area contributed by atoms with E-state index in [1.54, 1.807) is 6.20 Å². The number of aryl methyl sites for hydroxylation is 1. The summed E-state index contributed by atoms with van der Waals surface area (Å²) in [5.74, 6) is 0.776. The van der Waals surface area contributed by atoms with Gasteiger partial charge in [0.15, 0.2) is 0 Å². The average Bonchev–Trinajstić information content (AvgIpc) is 2.30. The van der Waals surface area contributed by atoms with E-state index in [0.717, 1.165) is 5.56 Å². The molecule has 18 heavy (non-hydrogen) atoms. The van der Waals surface area contributed by atoms with Crippen LogP contribution < -0.4 is 11.1 Å². The molecule has 0 saturated heterocycles. The maximum atomic E-state index is 11.7. The normalized spacial score (nSPS) is 12.3. The zero-order valence-electron chi connectivity index (χ0n) is 11.4. The Labute approximate surface area is 108 Å². The Kier molecular flexibility index (Phi) is 4.95. The van der Waals surface area contributed by atoms with Crippen molar-refractivity contribution >= 4 is 17.5 Å². The molecule has 0 saturated carbocycles. The number of hydrogen-bond donors (Lipinski definition) is 2. The fourth-order valence-electron chi connectivity index (χ4n) is 1.74. The standard InChI is InChI=1S/C13H21N3O2/c1-8(2)5-11(13(17)18-4)16-12-9(3)6-10(14)7-15-12/h6-8,11H,5,14H2,1-4H3,(H,15,16). The lowest BCUT2D eigenvalue weighted by molar-refractivity contribution is -0.141. The number of aromatic nitrogens is 1. The van der Waals surface area contributed by atoms with Crippen LogP contribution in [0.15, 0.2) is 12.3 Å². The Morgan fingerprint density at radius 2 is 2.22 bits per heavy atom. The highest BCUT2D eigenvalue weighted by molar-refractivity contribution is 5.79. The molecular formula is C13H21N3O2. The number of methoxy groups -OCH3 is 1. The number of ether oxygens (including phenoxy) is 1. The first-order valence-corrected chi connectivity index (χ1v) is 6.00. The fraction of sp³-hybridized carbons (Fsp3) is 0.538. The zero-order chi connectivity index (χ0) is 13.7. The number of pyridine rings is 1. The van der Waals surface area contributed by atoms with E-state index in [2.05, 4.69) is 24.1 Å². The van der Waals surface area contributed by atoms with Gasteiger partial charge in [-0.2, -0.15) is 0 Å². The van der Waals surface area contributed by atoms with Crippen LogP contribution in [0, 0.1) is 12.8 Å². The van der Waals surface area contributed by atoms with E-state index in [4.69, 9.17) is 10.5 Å². The van der Waals surface area contributed by atoms with E-state index >= 15 is 0 Å². The molecule has 1 aromatic heterocycles. The van der Waals surface area contributed by atoms with Gasteiger partial charge in [0.1, 0.15) is 11.9 Å². The van der Waals surface area contributed by atoms with Crippen molar-refractivity contribution in [2.24, 2.45) is 5.92 Å². The minimum Gasteiger partial charge on any atom is -0.467 e. The second-order valence-electron chi connectivity index (χ2n) is 4.78. The highest BCUT2D eigenvalue weighted by Crippen LogP contribution is 2.17. The number of esters is 1. The van der Waals surface area contributed by atoms with E-state index < -0.39 is 0 Å². The van der Waals surface area contributed by atoms with Gasteiger partial charge in [0.25, 0.3) is 0 Å². The second kappa shape index (κ2) is 6.23. The Morgan fingerprint density at radius 3 is 2.72 bits per heavy atom. The van der Waals surface area contributed by atoms with Gasteiger partial charge < -0.3 is 15.8 Å². The molecular weight excluding hydrogens is 230 g/mol. The zero-order valence-corrected chi connectivity index (χ0v) is 11.4. The summed E-state index contributed by atoms with van der Waals surface area (Å²) >= 11 is 0. The van der Waals surface area contributed by atoms with Gasteiger partial charge in [-0.15, -0.1) is 0 Å². The summed E-state index contributed by atoms with van der Waals surface area (Å²) in [6.45, 7) is 6.01. The number of nitrogens with one attached hydrogen (secondary N) is 1. The van der Waals surface area contributed by atoms with Gasteiger partial charge in [-0.3, -0.25) is 0 Å². The minimum absolute atomic E-state index is 0.276. The summed E-state index contributed by atoms with van der Waals surface area (Å²) in [5.41, 5.74) is 7.16. The van der Waals surface area contributed by atoms with Crippen molar-refractivity contribution in [1.29, 1.82) is 0 Å². The quantitative estimate of drug-likeness (QED) is 0.782. The largest absolute Gasteiger partial charge is 0.467 e. The van der Waals surface area contributed by atoms with Crippen LogP contribution in [0.3, 0.4) is 0 Å². The summed E-state index contributed by atoms with van der Waals surface area (Å²) in [7, 11) is 1.39. The Hall–Kier alpha value is -1.78. The maximum Gasteiger partial charge on any atom is 0.328 e. The van der Waals surface area contributed by atoms with Crippen LogP contribution >= 0.6 is 0 Å². The smallest absolute Gasteiger partial charge is 0.328 e. The van der Waals surface area contributed by atoms with E-state index in [-0.39, 0.29) is 12.0 Å². The van der Waals surface area contributed by atoms with E-state index in [9.17, 15) is 4.79 Å². The highest BCUT2D eigenvalue weighted by Gasteiger charge is 2.21. The third-order valence-corrected chi connectivity index (χ3v) is 2.60. The van der Waals surface area contributed by atoms with Gasteiger partial charge in [-0.1, -0.05) is 13.8 Å². The third-order valence-electron chi connectivity index (χ3n) is 2.60. The van der Waals surface area contributed by atoms with Crippen molar-refractivity contribution in [3.8, 4) is 0 Å². The van der Waals surface area contributed by atoms with Gasteiger partial charge in [-0.05, 0) is 30.9 Å². The van der Waals surface area contributed by atoms with Crippen LogP contribution in [-0.2, 0) is 9.53 Å². The van der Waals surface area contributed by atoms with Crippen LogP contribution in [0.2, 0.25) is 0 Å². The van der Waals surface area contributed by atoms with Crippen LogP contribution in [0.1, 0.15) is 25.8 Å². The molecule has 1 aromatic rings. The lowest BCUT2D eigenvalue weighted by atomic mass is 10.0. The molecule has 1 unspecified atom stereocenters. The topological polar surface area (TPSA) is 77.2 Å². The molecule has 0 fully saturated rings. The SMILES string of the molecule is COC(=O)C(CC(C)C)Nc1ncc(N)cc1C. The Morgan fingerprint density at radius 1 is 1.56 bits per heavy atom. The average molecular weight is 251 g/mol. The van der Waals surface area contributed by atoms with Gasteiger partial charge in [-0.25, -0.2) is 9.78 Å². The number of hydrogen-bond acceptors (Lipinski definition) is 5. The van der Waals surface area contributed by atoms with Crippen LogP contribution in [0.5, 0.6) is 0 Å². The number of nitrogens with two attached hydrogens (primary N) is 1. The molecule has 3 N–H and O–H groups in total. The summed E-state index contributed by atoms with van der Waals surface area (Å²) in [5, 5.41) is 3.12. The molecule has 5 heteroatoms. The van der Waals surface area contributed by atoms with Crippen LogP contribution in [-0.4, -0.2) is 24.1 Å². The molecule has 0 radical (unpaired) electrons. The van der Waals surface area contributed by atoms with E-state index in [1.165, 1.54) is 7.11 Å². The van der Waals surface area contributed by atoms with Gasteiger partial charge in [0, 0.05) is 0 Å². The highest BCUT2D eigenvalue weighted by atomic mass is 16.5. The molecule has 5 nitrogen and oxygen atoms in total. The lowest BCUT2D eigenvalue weighted by Gasteiger charge is -2.19. The molecule has 1 atom stereocenters. The number of carbonyl (C=O) groups is 1. The van der Waals surface area contributed by atoms with Crippen molar-refractivity contribution in [2.45, 2.75) is 33.2 Å². The molecule has 0 spiro atoms. The summed E-state index contributed by atoms with van der Waals surface area (Å²) in [6.07, 6.45) is 2.26. The van der Waals surface area contributed by atoms with Gasteiger partial charge in [0.2, 0.25) is 0 Å². The summed E-state index contributed by atoms with van der Waals surface area (Å²) < 4.78 is 4.80. The predicted molar refractivity (Wildman–Crippen MR) is 72.3 cm³/mol. The number of nitrogens with zero attached hydrogens (tertiary/aromatic N) is 1. The second-order valence-corrected chi connectivity index (χ2v) is 4.78. The van der Waals surface area contributed by atoms with E-state index in [0.29, 0.717) is 23.8 Å². The number of nitrogen functional groups attached to an aromatic ring is 1. The molecule has 100 valence electrons. The van der Waals surface area contributed by atoms with Crippen molar-refractivity contribution in [1.82, 2.24) is 4.98 Å². The summed E-state index contributed by atoms with van der Waals surface area (Å²) in [6, 6.07) is 1.43. The number of anilines is 2. The molecule has 0 aliphatic rings. The van der Waals surface area contributed by atoms with Crippen LogP contribution in [0.25, 0.3) is 0 Å². The number of carbonyl (C=O) groups excluding carboxylic acids is 1. The molecule has 0 bridgehead atoms. The molecule has 0 aromatic carbocycles. The van der Waals surface area contributed by atoms with Gasteiger partial charge >= 0.3 is 5.97 Å². The fourth-order valence-corrected chi connectivity index (χ4v) is 1.74. The van der Waals surface area contributed by atoms with Crippen molar-refractivity contribution in [3.63, 3.8) is 0 Å². The van der Waals surface area contributed by atoms with Crippen molar-refractivity contribution < 1.29 is 9.53 Å². The molecule has 1 rings (SSSR count). The first kappa shape index (κ1) is 14.3. The summed E-state index contributed by atoms with van der Waals surface area (Å²) in [4.78, 5) is 15.9. The minimum atomic E-state index is -0.384. The molecule has 0 aliphatic heterocycles. The van der Waals surface area contributed by atoms with Crippen LogP contribution in [0.4, 0.5) is 11.5 Å². The first-order chi connectivity index (χ1) is 8.43.